The maximum absolute atomic E-state index is 13.6. The molecule has 3 rings (SSSR count). The minimum Gasteiger partial charge on any atom is -0.508 e. The highest BCUT2D eigenvalue weighted by molar-refractivity contribution is 9.10. The molecule has 1 aromatic carbocycles. The van der Waals surface area contributed by atoms with Crippen LogP contribution < -0.4 is 4.74 Å². The molecule has 25 heavy (non-hydrogen) atoms. The Balaban J connectivity index is 1.85. The smallest absolute Gasteiger partial charge is 0.217 e. The molecule has 0 aromatic heterocycles. The minimum absolute atomic E-state index is 0.0107. The molecule has 0 amide bonds. The van der Waals surface area contributed by atoms with Crippen molar-refractivity contribution in [3.63, 3.8) is 0 Å². The Morgan fingerprint density at radius 1 is 1.40 bits per heavy atom. The first-order valence-electron chi connectivity index (χ1n) is 7.77. The first kappa shape index (κ1) is 18.2. The number of aliphatic hydroxyl groups excluding tert-OH is 1. The molecular formula is C19H15Br2FO3. The average Bonchev–Trinajstić information content (AvgIpc) is 2.59. The van der Waals surface area contributed by atoms with Crippen LogP contribution in [0.3, 0.4) is 0 Å². The number of hydrogen-bond donors (Lipinski definition) is 1. The molecule has 0 fully saturated rings. The number of benzene rings is 1. The molecule has 2 atom stereocenters. The van der Waals surface area contributed by atoms with Gasteiger partial charge in [0.05, 0.1) is 22.6 Å². The van der Waals surface area contributed by atoms with Crippen LogP contribution in [0.1, 0.15) is 28.8 Å². The van der Waals surface area contributed by atoms with Gasteiger partial charge in [-0.05, 0) is 51.7 Å². The fourth-order valence-corrected chi connectivity index (χ4v) is 3.79. The fraction of sp³-hybridized carbons (Fsp3) is 0.316. The maximum Gasteiger partial charge on any atom is 0.217 e. The Morgan fingerprint density at radius 2 is 2.20 bits per heavy atom. The van der Waals surface area contributed by atoms with Gasteiger partial charge in [-0.2, -0.15) is 0 Å². The van der Waals surface area contributed by atoms with Gasteiger partial charge in [0, 0.05) is 11.8 Å². The van der Waals surface area contributed by atoms with E-state index in [-0.39, 0.29) is 18.3 Å². The van der Waals surface area contributed by atoms with Crippen molar-refractivity contribution in [1.29, 1.82) is 0 Å². The van der Waals surface area contributed by atoms with Gasteiger partial charge in [-0.15, -0.1) is 0 Å². The highest BCUT2D eigenvalue weighted by Gasteiger charge is 2.31. The molecule has 0 radical (unpaired) electrons. The summed E-state index contributed by atoms with van der Waals surface area (Å²) in [6.07, 6.45) is 2.25. The van der Waals surface area contributed by atoms with Crippen molar-refractivity contribution in [3.05, 3.63) is 51.2 Å². The van der Waals surface area contributed by atoms with Crippen LogP contribution in [0.2, 0.25) is 0 Å². The second-order valence-electron chi connectivity index (χ2n) is 5.90. The lowest BCUT2D eigenvalue weighted by Gasteiger charge is -2.26. The van der Waals surface area contributed by atoms with Crippen LogP contribution in [-0.4, -0.2) is 23.7 Å². The minimum atomic E-state index is -1.68. The maximum atomic E-state index is 13.6. The number of allylic oxidation sites excluding steroid dienone is 4. The second-order valence-corrected chi connectivity index (χ2v) is 7.32. The summed E-state index contributed by atoms with van der Waals surface area (Å²) < 4.78 is 20.1. The predicted molar refractivity (Wildman–Crippen MR) is 101 cm³/mol. The Hall–Kier alpha value is -1.58. The topological polar surface area (TPSA) is 46.5 Å². The van der Waals surface area contributed by atoms with Gasteiger partial charge in [-0.25, -0.2) is 4.39 Å². The van der Waals surface area contributed by atoms with Crippen LogP contribution in [0.15, 0.2) is 40.1 Å². The third-order valence-electron chi connectivity index (χ3n) is 4.09. The van der Waals surface area contributed by atoms with E-state index in [2.05, 4.69) is 43.7 Å². The van der Waals surface area contributed by atoms with Crippen LogP contribution in [0.5, 0.6) is 5.75 Å². The number of hydrogen-bond acceptors (Lipinski definition) is 3. The van der Waals surface area contributed by atoms with Gasteiger partial charge in [0.15, 0.2) is 5.78 Å². The molecule has 1 aliphatic carbocycles. The van der Waals surface area contributed by atoms with Gasteiger partial charge >= 0.3 is 0 Å². The van der Waals surface area contributed by atoms with Crippen molar-refractivity contribution < 1.29 is 19.0 Å². The number of carbonyl (C=O) groups excluding carboxylic acids is 1. The van der Waals surface area contributed by atoms with E-state index in [0.717, 1.165) is 10.0 Å². The third-order valence-corrected chi connectivity index (χ3v) is 5.33. The van der Waals surface area contributed by atoms with E-state index in [0.29, 0.717) is 35.1 Å². The monoisotopic (exact) mass is 468 g/mol. The van der Waals surface area contributed by atoms with E-state index in [1.54, 1.807) is 0 Å². The van der Waals surface area contributed by atoms with Gasteiger partial charge < -0.3 is 9.84 Å². The summed E-state index contributed by atoms with van der Waals surface area (Å²) in [5.41, 5.74) is 2.21. The Kier molecular flexibility index (Phi) is 5.65. The van der Waals surface area contributed by atoms with E-state index in [4.69, 9.17) is 4.74 Å². The lowest BCUT2D eigenvalue weighted by Crippen LogP contribution is -2.28. The molecule has 2 aliphatic rings. The van der Waals surface area contributed by atoms with Crippen LogP contribution in [0.25, 0.3) is 0 Å². The highest BCUT2D eigenvalue weighted by atomic mass is 79.9. The quantitative estimate of drug-likeness (QED) is 0.498. The number of rotatable bonds is 3. The highest BCUT2D eigenvalue weighted by Crippen LogP contribution is 2.37. The lowest BCUT2D eigenvalue weighted by molar-refractivity contribution is 0.0830. The van der Waals surface area contributed by atoms with Gasteiger partial charge in [-0.3, -0.25) is 4.79 Å². The van der Waals surface area contributed by atoms with E-state index in [9.17, 15) is 14.3 Å². The summed E-state index contributed by atoms with van der Waals surface area (Å²) in [6.45, 7) is 0.245. The number of ketones is 1. The SMILES string of the molecule is O=C1c2cc(CBr)cc(Br)c2OCC1CC1=CCC#CC(F)C(O)=C1. The summed E-state index contributed by atoms with van der Waals surface area (Å²) >= 11 is 6.84. The van der Waals surface area contributed by atoms with Crippen molar-refractivity contribution in [2.75, 3.05) is 6.61 Å². The number of aliphatic hydroxyl groups is 1. The Labute approximate surface area is 162 Å². The van der Waals surface area contributed by atoms with E-state index in [1.807, 2.05) is 18.2 Å². The van der Waals surface area contributed by atoms with Crippen LogP contribution >= 0.6 is 31.9 Å². The average molecular weight is 470 g/mol. The molecule has 0 saturated heterocycles. The number of alkyl halides is 2. The van der Waals surface area contributed by atoms with Crippen LogP contribution in [0, 0.1) is 17.8 Å². The summed E-state index contributed by atoms with van der Waals surface area (Å²) in [4.78, 5) is 12.9. The van der Waals surface area contributed by atoms with Crippen molar-refractivity contribution in [1.82, 2.24) is 0 Å². The normalized spacial score (nSPS) is 22.4. The van der Waals surface area contributed by atoms with Gasteiger partial charge in [0.1, 0.15) is 11.5 Å². The Bertz CT molecular complexity index is 833. The van der Waals surface area contributed by atoms with Crippen molar-refractivity contribution in [2.24, 2.45) is 5.92 Å². The van der Waals surface area contributed by atoms with E-state index < -0.39 is 11.9 Å². The summed E-state index contributed by atoms with van der Waals surface area (Å²) in [5.74, 6) is 4.72. The number of fused-ring (bicyclic) bond motifs is 1. The van der Waals surface area contributed by atoms with Crippen molar-refractivity contribution in [2.45, 2.75) is 24.3 Å². The molecule has 1 heterocycles. The number of ether oxygens (including phenoxy) is 1. The predicted octanol–water partition coefficient (Wildman–Crippen LogP) is 5.04. The molecule has 0 saturated carbocycles. The molecular weight excluding hydrogens is 455 g/mol. The molecule has 1 N–H and O–H groups in total. The standard InChI is InChI=1S/C19H15Br2FO3/c20-9-12-6-14-18(24)13(10-25-19(14)15(21)7-12)5-11-3-1-2-4-16(22)17(23)8-11/h3,6-8,13,16,23H,1,5,9-10H2. The molecule has 130 valence electrons. The zero-order valence-corrected chi connectivity index (χ0v) is 16.4. The van der Waals surface area contributed by atoms with E-state index >= 15 is 0 Å². The van der Waals surface area contributed by atoms with Gasteiger partial charge in [0.2, 0.25) is 6.17 Å². The fourth-order valence-electron chi connectivity index (χ4n) is 2.84. The lowest BCUT2D eigenvalue weighted by atomic mass is 9.88. The van der Waals surface area contributed by atoms with Crippen molar-refractivity contribution in [3.8, 4) is 17.6 Å². The summed E-state index contributed by atoms with van der Waals surface area (Å²) in [5, 5.41) is 10.4. The summed E-state index contributed by atoms with van der Waals surface area (Å²) in [7, 11) is 0. The zero-order chi connectivity index (χ0) is 18.0. The van der Waals surface area contributed by atoms with Crippen LogP contribution in [-0.2, 0) is 5.33 Å². The second kappa shape index (κ2) is 7.76. The molecule has 3 nitrogen and oxygen atoms in total. The molecule has 1 aliphatic heterocycles. The Morgan fingerprint density at radius 3 is 2.96 bits per heavy atom. The zero-order valence-electron chi connectivity index (χ0n) is 13.2. The van der Waals surface area contributed by atoms with Gasteiger partial charge in [0.25, 0.3) is 0 Å². The van der Waals surface area contributed by atoms with Crippen molar-refractivity contribution >= 4 is 37.6 Å². The third kappa shape index (κ3) is 3.99. The largest absolute Gasteiger partial charge is 0.508 e. The van der Waals surface area contributed by atoms with Crippen LogP contribution in [0.4, 0.5) is 4.39 Å². The molecule has 1 aromatic rings. The molecule has 6 heteroatoms. The van der Waals surface area contributed by atoms with Gasteiger partial charge in [-0.1, -0.05) is 33.8 Å². The number of carbonyl (C=O) groups is 1. The molecule has 0 spiro atoms. The molecule has 0 bridgehead atoms. The first-order chi connectivity index (χ1) is 12.0. The number of Topliss-reactive ketones (excluding diaryl/α,β-unsaturated/α-hetero) is 1. The first-order valence-corrected chi connectivity index (χ1v) is 9.68. The van der Waals surface area contributed by atoms with E-state index in [1.165, 1.54) is 6.08 Å². The summed E-state index contributed by atoms with van der Waals surface area (Å²) in [6, 6.07) is 3.74. The molecule has 2 unspecified atom stereocenters. The number of halogens is 3.